The van der Waals surface area contributed by atoms with E-state index in [4.69, 9.17) is 0 Å². The molecule has 3 nitrogen and oxygen atoms in total. The van der Waals surface area contributed by atoms with Crippen molar-refractivity contribution in [2.75, 3.05) is 24.5 Å². The van der Waals surface area contributed by atoms with E-state index in [1.165, 1.54) is 38.3 Å². The zero-order valence-corrected chi connectivity index (χ0v) is 13.4. The molecule has 1 saturated heterocycles. The van der Waals surface area contributed by atoms with E-state index in [1.807, 2.05) is 0 Å². The van der Waals surface area contributed by atoms with E-state index in [0.717, 1.165) is 31.0 Å². The number of pyridine rings is 1. The zero-order valence-electron chi connectivity index (χ0n) is 13.4. The first kappa shape index (κ1) is 16.2. The topological polar surface area (TPSA) is 28.2 Å². The maximum absolute atomic E-state index is 13.5. The summed E-state index contributed by atoms with van der Waals surface area (Å²) in [5.74, 6) is 1.32. The van der Waals surface area contributed by atoms with Crippen molar-refractivity contribution in [3.8, 4) is 0 Å². The highest BCUT2D eigenvalue weighted by Crippen LogP contribution is 2.22. The summed E-state index contributed by atoms with van der Waals surface area (Å²) in [6.07, 6.45) is 7.68. The van der Waals surface area contributed by atoms with Gasteiger partial charge in [0.1, 0.15) is 11.6 Å². The predicted molar refractivity (Wildman–Crippen MR) is 86.0 cm³/mol. The van der Waals surface area contributed by atoms with Crippen LogP contribution in [0.15, 0.2) is 12.3 Å². The highest BCUT2D eigenvalue weighted by Gasteiger charge is 2.15. The molecule has 0 unspecified atom stereocenters. The molecule has 0 bridgehead atoms. The van der Waals surface area contributed by atoms with E-state index in [0.29, 0.717) is 12.5 Å². The van der Waals surface area contributed by atoms with Gasteiger partial charge in [-0.3, -0.25) is 0 Å². The highest BCUT2D eigenvalue weighted by molar-refractivity contribution is 5.47. The van der Waals surface area contributed by atoms with E-state index in [9.17, 15) is 4.39 Å². The Morgan fingerprint density at radius 2 is 1.86 bits per heavy atom. The summed E-state index contributed by atoms with van der Waals surface area (Å²) >= 11 is 0. The van der Waals surface area contributed by atoms with Gasteiger partial charge in [-0.1, -0.05) is 33.1 Å². The van der Waals surface area contributed by atoms with Crippen LogP contribution in [-0.2, 0) is 6.54 Å². The minimum atomic E-state index is -0.243. The minimum absolute atomic E-state index is 0.243. The summed E-state index contributed by atoms with van der Waals surface area (Å²) in [6.45, 7) is 8.06. The fraction of sp³-hybridized carbons (Fsp3) is 0.706. The molecule has 0 atom stereocenters. The van der Waals surface area contributed by atoms with Gasteiger partial charge in [-0.2, -0.15) is 0 Å². The molecule has 0 aromatic carbocycles. The first-order valence-corrected chi connectivity index (χ1v) is 8.27. The van der Waals surface area contributed by atoms with Crippen LogP contribution in [0.2, 0.25) is 0 Å². The number of aromatic nitrogens is 1. The molecule has 0 amide bonds. The van der Waals surface area contributed by atoms with Gasteiger partial charge >= 0.3 is 0 Å². The van der Waals surface area contributed by atoms with Crippen LogP contribution in [0.3, 0.4) is 0 Å². The Hall–Kier alpha value is -1.16. The standard InChI is InChI=1S/C17H28FN3/c1-14(2)11-19-12-15-10-16(18)13-20-17(15)21-8-6-4-3-5-7-9-21/h10,13-14,19H,3-9,11-12H2,1-2H3. The molecule has 0 spiro atoms. The van der Waals surface area contributed by atoms with E-state index in [1.54, 1.807) is 6.07 Å². The van der Waals surface area contributed by atoms with Crippen molar-refractivity contribution in [2.24, 2.45) is 5.92 Å². The Labute approximate surface area is 127 Å². The summed E-state index contributed by atoms with van der Waals surface area (Å²) in [5, 5.41) is 3.40. The maximum atomic E-state index is 13.5. The number of hydrogen-bond acceptors (Lipinski definition) is 3. The van der Waals surface area contributed by atoms with E-state index < -0.39 is 0 Å². The molecule has 1 aromatic heterocycles. The van der Waals surface area contributed by atoms with Crippen molar-refractivity contribution in [1.82, 2.24) is 10.3 Å². The van der Waals surface area contributed by atoms with Crippen LogP contribution in [0.25, 0.3) is 0 Å². The van der Waals surface area contributed by atoms with Gasteiger partial charge in [0.2, 0.25) is 0 Å². The smallest absolute Gasteiger partial charge is 0.141 e. The summed E-state index contributed by atoms with van der Waals surface area (Å²) < 4.78 is 13.5. The Balaban J connectivity index is 2.08. The van der Waals surface area contributed by atoms with Crippen LogP contribution < -0.4 is 10.2 Å². The molecule has 2 rings (SSSR count). The van der Waals surface area contributed by atoms with Gasteiger partial charge in [-0.05, 0) is 31.4 Å². The molecule has 118 valence electrons. The maximum Gasteiger partial charge on any atom is 0.141 e. The molecule has 21 heavy (non-hydrogen) atoms. The van der Waals surface area contributed by atoms with E-state index in [2.05, 4.69) is 29.0 Å². The monoisotopic (exact) mass is 293 g/mol. The Morgan fingerprint density at radius 3 is 2.52 bits per heavy atom. The zero-order chi connectivity index (χ0) is 15.1. The first-order valence-electron chi connectivity index (χ1n) is 8.27. The van der Waals surface area contributed by atoms with Crippen LogP contribution in [0.4, 0.5) is 10.2 Å². The number of halogens is 1. The Kier molecular flexibility index (Phi) is 6.43. The van der Waals surface area contributed by atoms with Gasteiger partial charge in [0.25, 0.3) is 0 Å². The lowest BCUT2D eigenvalue weighted by atomic mass is 10.1. The van der Waals surface area contributed by atoms with Crippen molar-refractivity contribution in [2.45, 2.75) is 52.5 Å². The number of hydrogen-bond donors (Lipinski definition) is 1. The lowest BCUT2D eigenvalue weighted by Crippen LogP contribution is -2.30. The number of nitrogens with one attached hydrogen (secondary N) is 1. The average Bonchev–Trinajstić information content (AvgIpc) is 2.39. The normalized spacial score (nSPS) is 16.9. The van der Waals surface area contributed by atoms with Crippen molar-refractivity contribution in [3.63, 3.8) is 0 Å². The van der Waals surface area contributed by atoms with Gasteiger partial charge in [0.05, 0.1) is 6.20 Å². The van der Waals surface area contributed by atoms with Crippen LogP contribution in [0.5, 0.6) is 0 Å². The molecule has 1 N–H and O–H groups in total. The van der Waals surface area contributed by atoms with Crippen LogP contribution in [0.1, 0.15) is 51.5 Å². The molecule has 2 heterocycles. The summed E-state index contributed by atoms with van der Waals surface area (Å²) in [6, 6.07) is 1.63. The van der Waals surface area contributed by atoms with Gasteiger partial charge in [0.15, 0.2) is 0 Å². The minimum Gasteiger partial charge on any atom is -0.356 e. The molecule has 4 heteroatoms. The number of nitrogens with zero attached hydrogens (tertiary/aromatic N) is 2. The van der Waals surface area contributed by atoms with Crippen molar-refractivity contribution >= 4 is 5.82 Å². The second-order valence-electron chi connectivity index (χ2n) is 6.42. The van der Waals surface area contributed by atoms with Crippen LogP contribution in [-0.4, -0.2) is 24.6 Å². The Morgan fingerprint density at radius 1 is 1.19 bits per heavy atom. The third kappa shape index (κ3) is 5.27. The quantitative estimate of drug-likeness (QED) is 0.896. The molecular formula is C17H28FN3. The van der Waals surface area contributed by atoms with Gasteiger partial charge < -0.3 is 10.2 Å². The number of rotatable bonds is 5. The van der Waals surface area contributed by atoms with Gasteiger partial charge in [-0.25, -0.2) is 9.37 Å². The molecule has 1 aliphatic rings. The Bertz CT molecular complexity index is 426. The highest BCUT2D eigenvalue weighted by atomic mass is 19.1. The predicted octanol–water partition coefficient (Wildman–Crippen LogP) is 3.74. The average molecular weight is 293 g/mol. The molecule has 1 aliphatic heterocycles. The second-order valence-corrected chi connectivity index (χ2v) is 6.42. The van der Waals surface area contributed by atoms with Crippen molar-refractivity contribution in [1.29, 1.82) is 0 Å². The lowest BCUT2D eigenvalue weighted by molar-refractivity contribution is 0.538. The SMILES string of the molecule is CC(C)CNCc1cc(F)cnc1N1CCCCCCC1. The second kappa shape index (κ2) is 8.32. The molecule has 1 fully saturated rings. The fourth-order valence-electron chi connectivity index (χ4n) is 2.84. The van der Waals surface area contributed by atoms with Crippen LogP contribution in [0, 0.1) is 11.7 Å². The molecular weight excluding hydrogens is 265 g/mol. The summed E-state index contributed by atoms with van der Waals surface area (Å²) in [4.78, 5) is 6.72. The van der Waals surface area contributed by atoms with Gasteiger partial charge in [0, 0.05) is 25.2 Å². The van der Waals surface area contributed by atoms with E-state index in [-0.39, 0.29) is 5.82 Å². The fourth-order valence-corrected chi connectivity index (χ4v) is 2.84. The number of anilines is 1. The van der Waals surface area contributed by atoms with Crippen molar-refractivity contribution < 1.29 is 4.39 Å². The molecule has 0 aliphatic carbocycles. The first-order chi connectivity index (χ1) is 10.2. The molecule has 0 saturated carbocycles. The van der Waals surface area contributed by atoms with E-state index >= 15 is 0 Å². The molecule has 0 radical (unpaired) electrons. The largest absolute Gasteiger partial charge is 0.356 e. The third-order valence-corrected chi connectivity index (χ3v) is 3.93. The third-order valence-electron chi connectivity index (χ3n) is 3.93. The molecule has 1 aromatic rings. The summed E-state index contributed by atoms with van der Waals surface area (Å²) in [7, 11) is 0. The lowest BCUT2D eigenvalue weighted by Gasteiger charge is -2.28. The summed E-state index contributed by atoms with van der Waals surface area (Å²) in [5.41, 5.74) is 0.983. The van der Waals surface area contributed by atoms with Gasteiger partial charge in [-0.15, -0.1) is 0 Å². The van der Waals surface area contributed by atoms with Crippen molar-refractivity contribution in [3.05, 3.63) is 23.6 Å². The van der Waals surface area contributed by atoms with Crippen LogP contribution >= 0.6 is 0 Å².